The van der Waals surface area contributed by atoms with E-state index in [2.05, 4.69) is 5.10 Å². The summed E-state index contributed by atoms with van der Waals surface area (Å²) in [6.07, 6.45) is 5.51. The van der Waals surface area contributed by atoms with Crippen LogP contribution in [0.15, 0.2) is 64.4 Å². The molecule has 5 rings (SSSR count). The summed E-state index contributed by atoms with van der Waals surface area (Å²) in [5.74, 6) is 0.242. The van der Waals surface area contributed by atoms with E-state index in [0.717, 1.165) is 25.7 Å². The molecule has 0 spiro atoms. The number of hydrogen-bond donors (Lipinski definition) is 0. The van der Waals surface area contributed by atoms with E-state index >= 15 is 0 Å². The Labute approximate surface area is 220 Å². The molecule has 0 radical (unpaired) electrons. The van der Waals surface area contributed by atoms with Gasteiger partial charge in [-0.1, -0.05) is 29.3 Å². The van der Waals surface area contributed by atoms with E-state index in [-0.39, 0.29) is 35.4 Å². The summed E-state index contributed by atoms with van der Waals surface area (Å²) in [5, 5.41) is 5.38. The van der Waals surface area contributed by atoms with Crippen molar-refractivity contribution in [2.45, 2.75) is 36.7 Å². The van der Waals surface area contributed by atoms with Gasteiger partial charge in [0.25, 0.3) is 0 Å². The van der Waals surface area contributed by atoms with E-state index in [1.54, 1.807) is 42.6 Å². The van der Waals surface area contributed by atoms with Crippen LogP contribution < -0.4 is 15.2 Å². The van der Waals surface area contributed by atoms with Gasteiger partial charge < -0.3 is 9.64 Å². The van der Waals surface area contributed by atoms with Crippen molar-refractivity contribution in [3.63, 3.8) is 0 Å². The number of anilines is 1. The molecule has 0 amide bonds. The highest BCUT2D eigenvalue weighted by Crippen LogP contribution is 2.31. The lowest BCUT2D eigenvalue weighted by molar-refractivity contribution is 0.205. The molecule has 8 nitrogen and oxygen atoms in total. The number of nitrogens with zero attached hydrogens (tertiary/aromatic N) is 4. The molecule has 2 aromatic carbocycles. The van der Waals surface area contributed by atoms with Gasteiger partial charge in [-0.2, -0.15) is 14.1 Å². The van der Waals surface area contributed by atoms with E-state index in [1.807, 2.05) is 4.90 Å². The van der Waals surface area contributed by atoms with Crippen LogP contribution in [0.25, 0.3) is 5.69 Å². The maximum absolute atomic E-state index is 13.6. The molecular formula is C25H26Cl2N4O4S. The van der Waals surface area contributed by atoms with Crippen LogP contribution in [0.5, 0.6) is 5.75 Å². The summed E-state index contributed by atoms with van der Waals surface area (Å²) < 4.78 is 35.2. The van der Waals surface area contributed by atoms with Gasteiger partial charge in [-0.25, -0.2) is 8.42 Å². The Morgan fingerprint density at radius 1 is 0.917 bits per heavy atom. The van der Waals surface area contributed by atoms with Crippen molar-refractivity contribution in [3.8, 4) is 11.4 Å². The van der Waals surface area contributed by atoms with Crippen LogP contribution in [0.4, 0.5) is 5.69 Å². The van der Waals surface area contributed by atoms with E-state index in [0.29, 0.717) is 34.5 Å². The minimum Gasteiger partial charge on any atom is -0.483 e. The lowest BCUT2D eigenvalue weighted by Gasteiger charge is -2.36. The fourth-order valence-corrected chi connectivity index (χ4v) is 6.39. The number of sulfonamides is 1. The SMILES string of the molecule is O=c1c(OC2CCCC2)c(N2CCN(S(=O)(=O)c3ccc(Cl)cc3)CC2)cnn1-c1cccc(Cl)c1. The number of benzene rings is 2. The average molecular weight is 549 g/mol. The first-order chi connectivity index (χ1) is 17.3. The summed E-state index contributed by atoms with van der Waals surface area (Å²) in [7, 11) is -3.65. The van der Waals surface area contributed by atoms with Gasteiger partial charge in [0.1, 0.15) is 5.69 Å². The molecule has 1 aliphatic heterocycles. The molecule has 190 valence electrons. The number of rotatable bonds is 6. The number of halogens is 2. The highest BCUT2D eigenvalue weighted by atomic mass is 35.5. The van der Waals surface area contributed by atoms with Gasteiger partial charge in [-0.3, -0.25) is 4.79 Å². The molecule has 1 aliphatic carbocycles. The van der Waals surface area contributed by atoms with Gasteiger partial charge in [-0.05, 0) is 68.1 Å². The molecule has 3 aromatic rings. The van der Waals surface area contributed by atoms with Gasteiger partial charge in [0, 0.05) is 36.2 Å². The predicted octanol–water partition coefficient (Wildman–Crippen LogP) is 4.37. The van der Waals surface area contributed by atoms with Gasteiger partial charge >= 0.3 is 5.56 Å². The Morgan fingerprint density at radius 2 is 1.61 bits per heavy atom. The quantitative estimate of drug-likeness (QED) is 0.454. The van der Waals surface area contributed by atoms with Crippen molar-refractivity contribution in [1.82, 2.24) is 14.1 Å². The number of aromatic nitrogens is 2. The van der Waals surface area contributed by atoms with Crippen LogP contribution in [-0.2, 0) is 10.0 Å². The molecule has 2 aliphatic rings. The fourth-order valence-electron chi connectivity index (χ4n) is 4.65. The molecule has 2 fully saturated rings. The van der Waals surface area contributed by atoms with E-state index < -0.39 is 10.0 Å². The standard InChI is InChI=1S/C25H26Cl2N4O4S/c26-18-8-10-22(11-9-18)36(33,34)30-14-12-29(13-15-30)23-17-28-31(20-5-3-4-19(27)16-20)25(32)24(23)35-21-6-1-2-7-21/h3-5,8-11,16-17,21H,1-2,6-7,12-15H2. The minimum atomic E-state index is -3.65. The predicted molar refractivity (Wildman–Crippen MR) is 140 cm³/mol. The second-order valence-electron chi connectivity index (χ2n) is 8.93. The third-order valence-corrected chi connectivity index (χ3v) is 8.98. The van der Waals surface area contributed by atoms with E-state index in [1.165, 1.54) is 21.1 Å². The largest absolute Gasteiger partial charge is 0.483 e. The number of ether oxygens (including phenoxy) is 1. The third kappa shape index (κ3) is 5.11. The van der Waals surface area contributed by atoms with Crippen LogP contribution in [0.2, 0.25) is 10.0 Å². The molecule has 0 atom stereocenters. The second-order valence-corrected chi connectivity index (χ2v) is 11.7. The summed E-state index contributed by atoms with van der Waals surface area (Å²) in [5.41, 5.74) is 0.765. The van der Waals surface area contributed by atoms with E-state index in [9.17, 15) is 13.2 Å². The smallest absolute Gasteiger partial charge is 0.316 e. The molecular weight excluding hydrogens is 523 g/mol. The molecule has 0 unspecified atom stereocenters. The van der Waals surface area contributed by atoms with Crippen LogP contribution in [0, 0.1) is 0 Å². The zero-order chi connectivity index (χ0) is 25.3. The van der Waals surface area contributed by atoms with Crippen LogP contribution in [0.1, 0.15) is 25.7 Å². The highest BCUT2D eigenvalue weighted by Gasteiger charge is 2.31. The Bertz CT molecular complexity index is 1400. The van der Waals surface area contributed by atoms with Crippen LogP contribution >= 0.6 is 23.2 Å². The molecule has 11 heteroatoms. The summed E-state index contributed by atoms with van der Waals surface area (Å²) in [6, 6.07) is 13.1. The van der Waals surface area contributed by atoms with Crippen molar-refractivity contribution in [1.29, 1.82) is 0 Å². The van der Waals surface area contributed by atoms with Gasteiger partial charge in [0.05, 0.1) is 22.9 Å². The summed E-state index contributed by atoms with van der Waals surface area (Å²) in [6.45, 7) is 1.34. The van der Waals surface area contributed by atoms with Crippen molar-refractivity contribution in [2.75, 3.05) is 31.1 Å². The lowest BCUT2D eigenvalue weighted by Crippen LogP contribution is -2.49. The molecule has 0 bridgehead atoms. The highest BCUT2D eigenvalue weighted by molar-refractivity contribution is 7.89. The zero-order valence-corrected chi connectivity index (χ0v) is 21.8. The minimum absolute atomic E-state index is 0.0294. The Balaban J connectivity index is 1.42. The zero-order valence-electron chi connectivity index (χ0n) is 19.5. The van der Waals surface area contributed by atoms with Crippen molar-refractivity contribution in [3.05, 3.63) is 75.1 Å². The second kappa shape index (κ2) is 10.4. The first-order valence-corrected chi connectivity index (χ1v) is 14.1. The molecule has 0 N–H and O–H groups in total. The van der Waals surface area contributed by atoms with Gasteiger partial charge in [0.15, 0.2) is 0 Å². The maximum atomic E-state index is 13.6. The lowest BCUT2D eigenvalue weighted by atomic mass is 10.2. The van der Waals surface area contributed by atoms with Gasteiger partial charge in [-0.15, -0.1) is 0 Å². The summed E-state index contributed by atoms with van der Waals surface area (Å²) >= 11 is 12.1. The van der Waals surface area contributed by atoms with Crippen molar-refractivity contribution in [2.24, 2.45) is 0 Å². The normalized spacial score (nSPS) is 17.4. The first-order valence-electron chi connectivity index (χ1n) is 11.9. The number of piperazine rings is 1. The molecule has 1 saturated carbocycles. The topological polar surface area (TPSA) is 84.7 Å². The van der Waals surface area contributed by atoms with Crippen molar-refractivity contribution < 1.29 is 13.2 Å². The van der Waals surface area contributed by atoms with Crippen molar-refractivity contribution >= 4 is 38.9 Å². The monoisotopic (exact) mass is 548 g/mol. The molecule has 36 heavy (non-hydrogen) atoms. The molecule has 1 aromatic heterocycles. The average Bonchev–Trinajstić information content (AvgIpc) is 3.39. The van der Waals surface area contributed by atoms with Crippen LogP contribution in [-0.4, -0.2) is 54.8 Å². The first kappa shape index (κ1) is 25.1. The summed E-state index contributed by atoms with van der Waals surface area (Å²) in [4.78, 5) is 15.7. The fraction of sp³-hybridized carbons (Fsp3) is 0.360. The Kier molecular flexibility index (Phi) is 7.25. The van der Waals surface area contributed by atoms with Gasteiger partial charge in [0.2, 0.25) is 15.8 Å². The van der Waals surface area contributed by atoms with Crippen LogP contribution in [0.3, 0.4) is 0 Å². The molecule has 2 heterocycles. The molecule has 1 saturated heterocycles. The Hall–Kier alpha value is -2.59. The van der Waals surface area contributed by atoms with E-state index in [4.69, 9.17) is 27.9 Å². The maximum Gasteiger partial charge on any atom is 0.316 e. The Morgan fingerprint density at radius 3 is 2.28 bits per heavy atom. The third-order valence-electron chi connectivity index (χ3n) is 6.58. The number of hydrogen-bond acceptors (Lipinski definition) is 6.